The van der Waals surface area contributed by atoms with Gasteiger partial charge in [-0.1, -0.05) is 13.0 Å². The van der Waals surface area contributed by atoms with E-state index in [-0.39, 0.29) is 5.91 Å². The average Bonchev–Trinajstić information content (AvgIpc) is 3.23. The number of hydrogen-bond acceptors (Lipinski definition) is 7. The zero-order valence-electron chi connectivity index (χ0n) is 23.4. The number of nitrogens with zero attached hydrogens (tertiary/aromatic N) is 5. The van der Waals surface area contributed by atoms with Gasteiger partial charge in [0.05, 0.1) is 11.0 Å². The number of piperazine rings is 1. The Labute approximate surface area is 229 Å². The maximum Gasteiger partial charge on any atom is 0.222 e. The molecule has 0 bridgehead atoms. The number of anilines is 3. The van der Waals surface area contributed by atoms with E-state index in [1.165, 1.54) is 18.1 Å². The van der Waals surface area contributed by atoms with Crippen LogP contribution in [0.3, 0.4) is 0 Å². The van der Waals surface area contributed by atoms with Gasteiger partial charge in [0.15, 0.2) is 0 Å². The van der Waals surface area contributed by atoms with Gasteiger partial charge in [0, 0.05) is 70.2 Å². The highest BCUT2D eigenvalue weighted by Gasteiger charge is 2.17. The van der Waals surface area contributed by atoms with Crippen LogP contribution in [0, 0.1) is 13.8 Å². The molecule has 1 amide bonds. The summed E-state index contributed by atoms with van der Waals surface area (Å²) in [6, 6.07) is 13.9. The van der Waals surface area contributed by atoms with Crippen molar-refractivity contribution < 1.29 is 9.53 Å². The minimum absolute atomic E-state index is 0.178. The summed E-state index contributed by atoms with van der Waals surface area (Å²) >= 11 is 0. The van der Waals surface area contributed by atoms with Crippen LogP contribution in [0.5, 0.6) is 11.5 Å². The van der Waals surface area contributed by atoms with E-state index >= 15 is 0 Å². The lowest BCUT2D eigenvalue weighted by Crippen LogP contribution is -2.45. The number of rotatable bonds is 8. The summed E-state index contributed by atoms with van der Waals surface area (Å²) in [6.07, 6.45) is 1.61. The van der Waals surface area contributed by atoms with Gasteiger partial charge in [-0.15, -0.1) is 0 Å². The van der Waals surface area contributed by atoms with E-state index in [9.17, 15) is 4.79 Å². The second-order valence-corrected chi connectivity index (χ2v) is 10.2. The largest absolute Gasteiger partial charge is 0.457 e. The number of aryl methyl sites for hydroxylation is 3. The Morgan fingerprint density at radius 3 is 2.51 bits per heavy atom. The molecular formula is C30H37N7O2. The van der Waals surface area contributed by atoms with Crippen molar-refractivity contribution in [2.24, 2.45) is 7.05 Å². The van der Waals surface area contributed by atoms with Gasteiger partial charge in [-0.25, -0.2) is 9.97 Å². The number of carbonyl (C=O) groups excluding carboxylic acids is 1. The van der Waals surface area contributed by atoms with Gasteiger partial charge in [0.1, 0.15) is 17.3 Å². The fourth-order valence-electron chi connectivity index (χ4n) is 5.13. The van der Waals surface area contributed by atoms with Crippen LogP contribution in [0.2, 0.25) is 0 Å². The maximum atomic E-state index is 11.4. The van der Waals surface area contributed by atoms with E-state index in [4.69, 9.17) is 9.72 Å². The third-order valence-corrected chi connectivity index (χ3v) is 7.41. The molecule has 2 aromatic heterocycles. The molecule has 1 aliphatic rings. The first-order chi connectivity index (χ1) is 18.8. The van der Waals surface area contributed by atoms with Crippen molar-refractivity contribution in [1.82, 2.24) is 24.3 Å². The predicted molar refractivity (Wildman–Crippen MR) is 156 cm³/mol. The van der Waals surface area contributed by atoms with E-state index < -0.39 is 0 Å². The summed E-state index contributed by atoms with van der Waals surface area (Å²) in [5, 5.41) is 6.20. The van der Waals surface area contributed by atoms with Gasteiger partial charge in [-0.2, -0.15) is 0 Å². The van der Waals surface area contributed by atoms with E-state index in [0.717, 1.165) is 73.3 Å². The Morgan fingerprint density at radius 1 is 1.03 bits per heavy atom. The van der Waals surface area contributed by atoms with Crippen LogP contribution in [-0.4, -0.2) is 63.0 Å². The van der Waals surface area contributed by atoms with E-state index in [1.807, 2.05) is 26.1 Å². The van der Waals surface area contributed by atoms with Crippen LogP contribution in [0.15, 0.2) is 48.7 Å². The SMILES string of the molecule is CCN1CCN(Cc2ccc(Nc3nc4ccc(Oc5ccnc(NC(C)=O)c5)c(C)c4n3C)cc2C)CC1. The topological polar surface area (TPSA) is 87.6 Å². The second kappa shape index (κ2) is 11.4. The van der Waals surface area contributed by atoms with Crippen molar-refractivity contribution in [2.75, 3.05) is 43.4 Å². The van der Waals surface area contributed by atoms with Crippen LogP contribution < -0.4 is 15.4 Å². The molecule has 0 unspecified atom stereocenters. The number of nitrogens with one attached hydrogen (secondary N) is 2. The molecule has 0 aliphatic carbocycles. The molecule has 1 fully saturated rings. The normalized spacial score (nSPS) is 14.5. The summed E-state index contributed by atoms with van der Waals surface area (Å²) in [6.45, 7) is 14.6. The Kier molecular flexibility index (Phi) is 7.81. The first kappa shape index (κ1) is 26.6. The number of pyridine rings is 1. The lowest BCUT2D eigenvalue weighted by atomic mass is 10.1. The minimum Gasteiger partial charge on any atom is -0.457 e. The molecule has 1 aliphatic heterocycles. The first-order valence-corrected chi connectivity index (χ1v) is 13.5. The maximum absolute atomic E-state index is 11.4. The third-order valence-electron chi connectivity index (χ3n) is 7.41. The monoisotopic (exact) mass is 527 g/mol. The number of likely N-dealkylation sites (N-methyl/N-ethyl adjacent to an activating group) is 1. The number of aromatic nitrogens is 3. The van der Waals surface area contributed by atoms with Crippen LogP contribution in [-0.2, 0) is 18.4 Å². The Bertz CT molecular complexity index is 1490. The number of ether oxygens (including phenoxy) is 1. The second-order valence-electron chi connectivity index (χ2n) is 10.2. The highest BCUT2D eigenvalue weighted by molar-refractivity contribution is 5.88. The number of carbonyl (C=O) groups is 1. The van der Waals surface area contributed by atoms with Crippen molar-refractivity contribution in [3.05, 3.63) is 65.4 Å². The van der Waals surface area contributed by atoms with Gasteiger partial charge in [-0.05, 0) is 61.9 Å². The molecule has 39 heavy (non-hydrogen) atoms. The fraction of sp³-hybridized carbons (Fsp3) is 0.367. The van der Waals surface area contributed by atoms with Crippen molar-refractivity contribution in [1.29, 1.82) is 0 Å². The first-order valence-electron chi connectivity index (χ1n) is 13.5. The smallest absolute Gasteiger partial charge is 0.222 e. The molecule has 204 valence electrons. The molecule has 9 nitrogen and oxygen atoms in total. The molecule has 0 saturated carbocycles. The van der Waals surface area contributed by atoms with Gasteiger partial charge in [0.25, 0.3) is 0 Å². The Morgan fingerprint density at radius 2 is 1.79 bits per heavy atom. The molecule has 3 heterocycles. The number of amides is 1. The van der Waals surface area contributed by atoms with Gasteiger partial charge in [0.2, 0.25) is 11.9 Å². The lowest BCUT2D eigenvalue weighted by molar-refractivity contribution is -0.114. The molecule has 1 saturated heterocycles. The van der Waals surface area contributed by atoms with Crippen molar-refractivity contribution in [3.8, 4) is 11.5 Å². The van der Waals surface area contributed by atoms with Crippen molar-refractivity contribution in [3.63, 3.8) is 0 Å². The molecule has 0 radical (unpaired) electrons. The molecule has 2 aromatic carbocycles. The molecule has 5 rings (SSSR count). The van der Waals surface area contributed by atoms with E-state index in [1.54, 1.807) is 18.3 Å². The standard InChI is InChI=1S/C30H37N7O2/c1-6-36-13-15-37(16-14-36)19-23-7-8-24(17-20(23)2)33-30-34-26-9-10-27(21(3)29(26)35(30)5)39-25-11-12-31-28(18-25)32-22(4)38/h7-12,17-18H,6,13-16,19H2,1-5H3,(H,33,34)(H,31,32,38). The zero-order chi connectivity index (χ0) is 27.5. The highest BCUT2D eigenvalue weighted by atomic mass is 16.5. The highest BCUT2D eigenvalue weighted by Crippen LogP contribution is 2.33. The summed E-state index contributed by atoms with van der Waals surface area (Å²) in [4.78, 5) is 25.4. The molecule has 0 atom stereocenters. The van der Waals surface area contributed by atoms with Crippen LogP contribution in [0.4, 0.5) is 17.5 Å². The molecular weight excluding hydrogens is 490 g/mol. The van der Waals surface area contributed by atoms with Crippen LogP contribution in [0.25, 0.3) is 11.0 Å². The summed E-state index contributed by atoms with van der Waals surface area (Å²) in [7, 11) is 2.01. The molecule has 2 N–H and O–H groups in total. The third kappa shape index (κ3) is 6.05. The summed E-state index contributed by atoms with van der Waals surface area (Å²) in [5.41, 5.74) is 6.51. The van der Waals surface area contributed by atoms with Crippen LogP contribution in [0.1, 0.15) is 30.5 Å². The molecule has 9 heteroatoms. The summed E-state index contributed by atoms with van der Waals surface area (Å²) in [5.74, 6) is 2.36. The lowest BCUT2D eigenvalue weighted by Gasteiger charge is -2.34. The van der Waals surface area contributed by atoms with Crippen LogP contribution >= 0.6 is 0 Å². The van der Waals surface area contributed by atoms with Gasteiger partial charge >= 0.3 is 0 Å². The fourth-order valence-corrected chi connectivity index (χ4v) is 5.13. The summed E-state index contributed by atoms with van der Waals surface area (Å²) < 4.78 is 8.22. The number of benzene rings is 2. The van der Waals surface area contributed by atoms with E-state index in [2.05, 4.69) is 62.0 Å². The van der Waals surface area contributed by atoms with Gasteiger partial charge < -0.3 is 24.8 Å². The number of fused-ring (bicyclic) bond motifs is 1. The van der Waals surface area contributed by atoms with Gasteiger partial charge in [-0.3, -0.25) is 9.69 Å². The minimum atomic E-state index is -0.178. The Hall–Kier alpha value is -3.95. The quantitative estimate of drug-likeness (QED) is 0.325. The van der Waals surface area contributed by atoms with Crippen molar-refractivity contribution in [2.45, 2.75) is 34.2 Å². The molecule has 4 aromatic rings. The molecule has 0 spiro atoms. The number of hydrogen-bond donors (Lipinski definition) is 2. The van der Waals surface area contributed by atoms with E-state index in [0.29, 0.717) is 11.6 Å². The average molecular weight is 528 g/mol. The Balaban J connectivity index is 1.31. The predicted octanol–water partition coefficient (Wildman–Crippen LogP) is 5.22. The zero-order valence-corrected chi connectivity index (χ0v) is 23.4. The van der Waals surface area contributed by atoms with Crippen molar-refractivity contribution >= 4 is 34.4 Å². The number of imidazole rings is 1.